The van der Waals surface area contributed by atoms with Crippen molar-refractivity contribution >= 4 is 23.6 Å². The van der Waals surface area contributed by atoms with Crippen LogP contribution in [0.4, 0.5) is 10.1 Å². The molecule has 2 aromatic rings. The van der Waals surface area contributed by atoms with E-state index in [1.165, 1.54) is 6.07 Å². The average molecular weight is 425 g/mol. The van der Waals surface area contributed by atoms with Gasteiger partial charge in [-0.1, -0.05) is 12.1 Å². The highest BCUT2D eigenvalue weighted by molar-refractivity contribution is 6.01. The number of carboxylic acids is 1. The second-order valence-corrected chi connectivity index (χ2v) is 8.69. The van der Waals surface area contributed by atoms with Gasteiger partial charge in [0.1, 0.15) is 11.4 Å². The summed E-state index contributed by atoms with van der Waals surface area (Å²) < 4.78 is 14.8. The first kappa shape index (κ1) is 22.5. The highest BCUT2D eigenvalue weighted by Crippen LogP contribution is 2.36. The molecular formula is C25H29FN2O3. The molecule has 164 valence electrons. The number of rotatable bonds is 7. The van der Waals surface area contributed by atoms with Gasteiger partial charge in [0.25, 0.3) is 0 Å². The molecule has 0 saturated heterocycles. The third-order valence-corrected chi connectivity index (χ3v) is 5.57. The van der Waals surface area contributed by atoms with Crippen LogP contribution in [0.3, 0.4) is 0 Å². The number of carbonyl (C=O) groups excluding carboxylic acids is 1. The van der Waals surface area contributed by atoms with Crippen LogP contribution in [0.15, 0.2) is 35.9 Å². The Morgan fingerprint density at radius 3 is 2.32 bits per heavy atom. The van der Waals surface area contributed by atoms with Gasteiger partial charge in [-0.3, -0.25) is 4.79 Å². The summed E-state index contributed by atoms with van der Waals surface area (Å²) >= 11 is 0. The lowest BCUT2D eigenvalue weighted by Gasteiger charge is -2.15. The monoisotopic (exact) mass is 424 g/mol. The number of halogens is 1. The first-order chi connectivity index (χ1) is 14.5. The van der Waals surface area contributed by atoms with Crippen molar-refractivity contribution in [3.8, 4) is 11.1 Å². The van der Waals surface area contributed by atoms with Crippen molar-refractivity contribution in [3.05, 3.63) is 58.4 Å². The summed E-state index contributed by atoms with van der Waals surface area (Å²) in [5.41, 5.74) is 4.00. The maximum Gasteiger partial charge on any atom is 0.329 e. The van der Waals surface area contributed by atoms with Crippen molar-refractivity contribution in [1.29, 1.82) is 0 Å². The van der Waals surface area contributed by atoms with E-state index in [1.54, 1.807) is 19.1 Å². The van der Waals surface area contributed by atoms with Crippen molar-refractivity contribution in [2.75, 3.05) is 5.32 Å². The molecular weight excluding hydrogens is 395 g/mol. The van der Waals surface area contributed by atoms with E-state index in [0.29, 0.717) is 24.0 Å². The minimum Gasteiger partial charge on any atom is -0.480 e. The fourth-order valence-corrected chi connectivity index (χ4v) is 3.57. The van der Waals surface area contributed by atoms with Crippen LogP contribution in [0.25, 0.3) is 17.2 Å². The number of hydrogen-bond donors (Lipinski definition) is 3. The molecule has 0 spiro atoms. The van der Waals surface area contributed by atoms with Gasteiger partial charge in [0.2, 0.25) is 5.91 Å². The zero-order valence-electron chi connectivity index (χ0n) is 18.6. The highest BCUT2D eigenvalue weighted by Gasteiger charge is 2.51. The Bertz CT molecular complexity index is 1070. The van der Waals surface area contributed by atoms with Gasteiger partial charge in [-0.15, -0.1) is 0 Å². The summed E-state index contributed by atoms with van der Waals surface area (Å²) in [5.74, 6) is -1.68. The zero-order valence-corrected chi connectivity index (χ0v) is 18.6. The van der Waals surface area contributed by atoms with E-state index in [0.717, 1.165) is 27.9 Å². The molecule has 3 N–H and O–H groups in total. The zero-order chi connectivity index (χ0) is 22.9. The summed E-state index contributed by atoms with van der Waals surface area (Å²) in [7, 11) is 0. The van der Waals surface area contributed by atoms with Gasteiger partial charge in [-0.25, -0.2) is 9.18 Å². The van der Waals surface area contributed by atoms with Crippen LogP contribution >= 0.6 is 0 Å². The molecule has 6 heteroatoms. The molecule has 0 aromatic heterocycles. The quantitative estimate of drug-likeness (QED) is 0.543. The number of carboxylic acid groups (broad SMARTS) is 1. The second-order valence-electron chi connectivity index (χ2n) is 8.69. The van der Waals surface area contributed by atoms with Crippen LogP contribution in [-0.4, -0.2) is 28.6 Å². The number of amides is 1. The molecule has 1 aliphatic rings. The van der Waals surface area contributed by atoms with Crippen molar-refractivity contribution in [2.45, 2.75) is 59.0 Å². The molecule has 1 aliphatic carbocycles. The summed E-state index contributed by atoms with van der Waals surface area (Å²) in [6.07, 6.45) is 2.64. The van der Waals surface area contributed by atoms with Crippen LogP contribution in [0.2, 0.25) is 0 Å². The topological polar surface area (TPSA) is 78.4 Å². The normalized spacial score (nSPS) is 15.0. The van der Waals surface area contributed by atoms with Crippen LogP contribution in [-0.2, 0) is 9.59 Å². The van der Waals surface area contributed by atoms with Crippen molar-refractivity contribution in [2.24, 2.45) is 0 Å². The molecule has 5 nitrogen and oxygen atoms in total. The van der Waals surface area contributed by atoms with Gasteiger partial charge in [0.05, 0.1) is 0 Å². The van der Waals surface area contributed by atoms with E-state index in [1.807, 2.05) is 45.9 Å². The third kappa shape index (κ3) is 4.95. The first-order valence-electron chi connectivity index (χ1n) is 10.4. The van der Waals surface area contributed by atoms with Crippen LogP contribution in [0.5, 0.6) is 0 Å². The van der Waals surface area contributed by atoms with E-state index in [9.17, 15) is 19.1 Å². The van der Waals surface area contributed by atoms with Gasteiger partial charge < -0.3 is 15.7 Å². The first-order valence-corrected chi connectivity index (χ1v) is 10.4. The standard InChI is InChI=1S/C25H29FN2O3/c1-14(2)27-19-6-7-20(22(26)13-19)21-12-15(3)18(10-16(21)4)11-17(5)23(29)28-25(8-9-25)24(30)31/h6-7,10-14,27H,8-9H2,1-5H3,(H,28,29)(H,30,31). The van der Waals surface area contributed by atoms with E-state index in [-0.39, 0.29) is 17.8 Å². The Balaban J connectivity index is 1.86. The number of carbonyl (C=O) groups is 2. The predicted molar refractivity (Wildman–Crippen MR) is 121 cm³/mol. The smallest absolute Gasteiger partial charge is 0.329 e. The van der Waals surface area contributed by atoms with Crippen LogP contribution in [0.1, 0.15) is 50.3 Å². The van der Waals surface area contributed by atoms with Gasteiger partial charge in [-0.05, 0) is 94.0 Å². The molecule has 1 fully saturated rings. The van der Waals surface area contributed by atoms with Gasteiger partial charge in [0, 0.05) is 22.9 Å². The van der Waals surface area contributed by atoms with Gasteiger partial charge in [-0.2, -0.15) is 0 Å². The van der Waals surface area contributed by atoms with E-state index >= 15 is 0 Å². The van der Waals surface area contributed by atoms with E-state index < -0.39 is 11.5 Å². The highest BCUT2D eigenvalue weighted by atomic mass is 19.1. The molecule has 0 atom stereocenters. The molecule has 0 aliphatic heterocycles. The Morgan fingerprint density at radius 2 is 1.77 bits per heavy atom. The number of hydrogen-bond acceptors (Lipinski definition) is 3. The number of benzene rings is 2. The molecule has 0 radical (unpaired) electrons. The molecule has 3 rings (SSSR count). The van der Waals surface area contributed by atoms with Crippen LogP contribution in [0, 0.1) is 19.7 Å². The van der Waals surface area contributed by atoms with Gasteiger partial charge >= 0.3 is 5.97 Å². The van der Waals surface area contributed by atoms with Gasteiger partial charge in [0.15, 0.2) is 0 Å². The number of aryl methyl sites for hydroxylation is 2. The number of aliphatic carboxylic acids is 1. The predicted octanol–water partition coefficient (Wildman–Crippen LogP) is 5.07. The maximum atomic E-state index is 14.8. The average Bonchev–Trinajstić information content (AvgIpc) is 3.45. The van der Waals surface area contributed by atoms with Crippen molar-refractivity contribution in [3.63, 3.8) is 0 Å². The maximum absolute atomic E-state index is 14.8. The largest absolute Gasteiger partial charge is 0.480 e. The minimum absolute atomic E-state index is 0.214. The van der Waals surface area contributed by atoms with Crippen molar-refractivity contribution < 1.29 is 19.1 Å². The molecule has 0 heterocycles. The summed E-state index contributed by atoms with van der Waals surface area (Å²) in [4.78, 5) is 23.7. The molecule has 31 heavy (non-hydrogen) atoms. The molecule has 1 saturated carbocycles. The second kappa shape index (κ2) is 8.53. The minimum atomic E-state index is -1.12. The fourth-order valence-electron chi connectivity index (χ4n) is 3.57. The molecule has 1 amide bonds. The van der Waals surface area contributed by atoms with Crippen LogP contribution < -0.4 is 10.6 Å². The summed E-state index contributed by atoms with van der Waals surface area (Å²) in [5, 5.41) is 15.1. The fraction of sp³-hybridized carbons (Fsp3) is 0.360. The Morgan fingerprint density at radius 1 is 1.10 bits per heavy atom. The van der Waals surface area contributed by atoms with E-state index in [2.05, 4.69) is 10.6 Å². The summed E-state index contributed by atoms with van der Waals surface area (Å²) in [6.45, 7) is 9.48. The SMILES string of the molecule is CC(=Cc1cc(C)c(-c2ccc(NC(C)C)cc2F)cc1C)C(=O)NC1(C(=O)O)CC1. The lowest BCUT2D eigenvalue weighted by molar-refractivity contribution is -0.142. The third-order valence-electron chi connectivity index (χ3n) is 5.57. The molecule has 0 bridgehead atoms. The number of nitrogens with one attached hydrogen (secondary N) is 2. The van der Waals surface area contributed by atoms with E-state index in [4.69, 9.17) is 0 Å². The summed E-state index contributed by atoms with van der Waals surface area (Å²) in [6, 6.07) is 9.20. The molecule has 2 aromatic carbocycles. The Labute approximate surface area is 182 Å². The number of anilines is 1. The van der Waals surface area contributed by atoms with Crippen molar-refractivity contribution in [1.82, 2.24) is 5.32 Å². The lowest BCUT2D eigenvalue weighted by Crippen LogP contribution is -2.43. The Hall–Kier alpha value is -3.15. The molecule has 0 unspecified atom stereocenters. The Kier molecular flexibility index (Phi) is 6.20. The lowest BCUT2D eigenvalue weighted by atomic mass is 9.93.